The maximum Gasteiger partial charge on any atom is 0.311 e. The topological polar surface area (TPSA) is 183 Å². The monoisotopic (exact) mass is 866 g/mol. The Hall–Kier alpha value is -2.08. The van der Waals surface area contributed by atoms with E-state index in [0.29, 0.717) is 18.9 Å². The number of cyclic esters (lactones) is 1. The predicted octanol–water partition coefficient (Wildman–Crippen LogP) is 5.13. The van der Waals surface area contributed by atoms with Gasteiger partial charge in [-0.15, -0.1) is 0 Å². The molecule has 0 radical (unpaired) electrons. The molecule has 0 bridgehead atoms. The molecule has 0 amide bonds. The number of rotatable bonds is 11. The molecule has 61 heavy (non-hydrogen) atoms. The second-order valence-corrected chi connectivity index (χ2v) is 19.5. The summed E-state index contributed by atoms with van der Waals surface area (Å²) in [6.45, 7) is 22.1. The Morgan fingerprint density at radius 1 is 0.852 bits per heavy atom. The number of nitrogens with zero attached hydrogens (tertiary/aromatic N) is 1. The van der Waals surface area contributed by atoms with Crippen LogP contribution in [0, 0.1) is 23.7 Å². The van der Waals surface area contributed by atoms with E-state index in [1.54, 1.807) is 41.5 Å². The largest absolute Gasteiger partial charge is 0.459 e. The second-order valence-electron chi connectivity index (χ2n) is 19.5. The van der Waals surface area contributed by atoms with Crippen molar-refractivity contribution >= 4 is 11.8 Å². The molecule has 4 rings (SSSR count). The van der Waals surface area contributed by atoms with E-state index < -0.39 is 102 Å². The highest BCUT2D eigenvalue weighted by Gasteiger charge is 2.54. The lowest BCUT2D eigenvalue weighted by Crippen LogP contribution is -2.61. The van der Waals surface area contributed by atoms with Crippen molar-refractivity contribution in [2.24, 2.45) is 23.7 Å². The van der Waals surface area contributed by atoms with Crippen LogP contribution in [0.4, 0.5) is 0 Å². The predicted molar refractivity (Wildman–Crippen MR) is 229 cm³/mol. The van der Waals surface area contributed by atoms with Crippen molar-refractivity contribution in [2.45, 2.75) is 205 Å². The first kappa shape index (κ1) is 51.6. The number of benzene rings is 1. The minimum Gasteiger partial charge on any atom is -0.459 e. The molecular weight excluding hydrogens is 787 g/mol. The lowest BCUT2D eigenvalue weighted by Gasteiger charge is -2.50. The molecule has 3 fully saturated rings. The Labute approximate surface area is 364 Å². The van der Waals surface area contributed by atoms with Gasteiger partial charge < -0.3 is 53.6 Å². The molecule has 14 heteroatoms. The normalized spacial score (nSPS) is 43.6. The number of likely N-dealkylation sites (N-methyl/N-ethyl adjacent to an activating group) is 1. The van der Waals surface area contributed by atoms with Gasteiger partial charge in [0.25, 0.3) is 0 Å². The molecule has 0 aliphatic carbocycles. The molecule has 3 aliphatic rings. The lowest BCUT2D eigenvalue weighted by atomic mass is 9.74. The zero-order valence-corrected chi connectivity index (χ0v) is 39.5. The van der Waals surface area contributed by atoms with Crippen LogP contribution >= 0.6 is 0 Å². The number of carbonyl (C=O) groups is 2. The first-order valence-corrected chi connectivity index (χ1v) is 22.4. The van der Waals surface area contributed by atoms with Gasteiger partial charge in [-0.3, -0.25) is 14.5 Å². The van der Waals surface area contributed by atoms with Crippen LogP contribution in [0.3, 0.4) is 0 Å². The Balaban J connectivity index is 1.81. The lowest BCUT2D eigenvalue weighted by molar-refractivity contribution is -0.319. The van der Waals surface area contributed by atoms with Crippen LogP contribution in [0.2, 0.25) is 0 Å². The summed E-state index contributed by atoms with van der Waals surface area (Å²) >= 11 is 0. The highest BCUT2D eigenvalue weighted by molar-refractivity contribution is 5.83. The van der Waals surface area contributed by atoms with Gasteiger partial charge in [0.15, 0.2) is 12.6 Å². The van der Waals surface area contributed by atoms with E-state index in [9.17, 15) is 30.0 Å². The van der Waals surface area contributed by atoms with E-state index in [4.69, 9.17) is 33.2 Å². The van der Waals surface area contributed by atoms with Gasteiger partial charge in [0.05, 0.1) is 47.6 Å². The van der Waals surface area contributed by atoms with Crippen LogP contribution in [0.1, 0.15) is 126 Å². The molecule has 1 aromatic carbocycles. The zero-order chi connectivity index (χ0) is 45.9. The Morgan fingerprint density at radius 3 is 2.02 bits per heavy atom. The molecule has 1 aromatic rings. The summed E-state index contributed by atoms with van der Waals surface area (Å²) < 4.78 is 44.6. The number of aliphatic hydroxyl groups excluding tert-OH is 3. The second kappa shape index (κ2) is 20.8. The van der Waals surface area contributed by atoms with Crippen molar-refractivity contribution in [3.63, 3.8) is 0 Å². The molecule has 350 valence electrons. The van der Waals surface area contributed by atoms with Crippen LogP contribution in [-0.4, -0.2) is 143 Å². The number of carbonyl (C=O) groups excluding carboxylic acids is 2. The standard InChI is InChI=1S/C47H79NO13/c1-16-35-47(12,54)40(51)28(6)37(49)26(4)22-46(11,56-15)42(29(7)39(30(8)43(53)59-35)60-36-23-45(10,55-14)41(52)31(9)58-36)61-44-38(50)34(21-27(5)57-44)48(13)24-32-17-19-33(20-18-32)25(2)3/h17-20,25-31,34-36,38-42,44,50-52,54H,16,21-24H2,1-15H3/t26-,27-,28+,29+,30-,31+,34+,35?,36?,38-,39-,40-,41+,42-,44?,45-,46+,47-/m1/s1. The Kier molecular flexibility index (Phi) is 17.6. The SMILES string of the molecule is CCC1OC(=O)[C@H](C)[C@H](OC2C[C@@](C)(OC)[C@@H](O)[C@H](C)O2)[C@H](C)[C@@H](OC2O[C@H](C)C[C@H](N(C)Cc3ccc(C(C)C)cc3)[C@H]2O)[C@@](C)(OC)C[C@@H](C)C(=O)[C@H](C)[C@@H](O)[C@]1(C)O. The first-order valence-electron chi connectivity index (χ1n) is 22.4. The van der Waals surface area contributed by atoms with Crippen molar-refractivity contribution in [3.8, 4) is 0 Å². The third kappa shape index (κ3) is 11.4. The number of aliphatic hydroxyl groups is 4. The minimum absolute atomic E-state index is 0.0955. The van der Waals surface area contributed by atoms with E-state index in [0.717, 1.165) is 5.56 Å². The Morgan fingerprint density at radius 2 is 1.46 bits per heavy atom. The number of hydrogen-bond donors (Lipinski definition) is 4. The summed E-state index contributed by atoms with van der Waals surface area (Å²) in [5.74, 6) is -4.16. The van der Waals surface area contributed by atoms with E-state index in [-0.39, 0.29) is 37.2 Å². The molecule has 4 N–H and O–H groups in total. The average Bonchev–Trinajstić information content (AvgIpc) is 3.21. The molecule has 14 nitrogen and oxygen atoms in total. The van der Waals surface area contributed by atoms with Crippen LogP contribution in [0.5, 0.6) is 0 Å². The Bertz CT molecular complexity index is 1580. The number of Topliss-reactive ketones (excluding diaryl/α,β-unsaturated/α-hetero) is 1. The number of esters is 1. The first-order chi connectivity index (χ1) is 28.3. The molecule has 3 heterocycles. The van der Waals surface area contributed by atoms with Crippen molar-refractivity contribution in [1.82, 2.24) is 4.90 Å². The van der Waals surface area contributed by atoms with Crippen molar-refractivity contribution in [2.75, 3.05) is 21.3 Å². The number of hydrogen-bond acceptors (Lipinski definition) is 14. The van der Waals surface area contributed by atoms with Crippen molar-refractivity contribution < 1.29 is 63.2 Å². The fourth-order valence-corrected chi connectivity index (χ4v) is 9.92. The maximum atomic E-state index is 14.4. The van der Waals surface area contributed by atoms with E-state index in [1.807, 2.05) is 27.8 Å². The summed E-state index contributed by atoms with van der Waals surface area (Å²) in [6.07, 6.45) is -9.10. The van der Waals surface area contributed by atoms with Crippen LogP contribution in [0.15, 0.2) is 24.3 Å². The van der Waals surface area contributed by atoms with Gasteiger partial charge in [0, 0.05) is 51.0 Å². The maximum absolute atomic E-state index is 14.4. The van der Waals surface area contributed by atoms with Crippen LogP contribution in [-0.2, 0) is 49.3 Å². The molecule has 0 spiro atoms. The third-order valence-electron chi connectivity index (χ3n) is 14.3. The quantitative estimate of drug-likeness (QED) is 0.215. The molecule has 3 unspecified atom stereocenters. The number of ketones is 1. The van der Waals surface area contributed by atoms with Gasteiger partial charge in [-0.1, -0.05) is 65.8 Å². The smallest absolute Gasteiger partial charge is 0.311 e. The zero-order valence-electron chi connectivity index (χ0n) is 39.5. The molecule has 0 saturated carbocycles. The van der Waals surface area contributed by atoms with Gasteiger partial charge in [-0.25, -0.2) is 0 Å². The average molecular weight is 866 g/mol. The number of ether oxygens (including phenoxy) is 7. The third-order valence-corrected chi connectivity index (χ3v) is 14.3. The van der Waals surface area contributed by atoms with Crippen LogP contribution in [0.25, 0.3) is 0 Å². The van der Waals surface area contributed by atoms with Crippen molar-refractivity contribution in [1.29, 1.82) is 0 Å². The fraction of sp³-hybridized carbons (Fsp3) is 0.830. The van der Waals surface area contributed by atoms with E-state index in [2.05, 4.69) is 43.0 Å². The minimum atomic E-state index is -1.98. The molecule has 18 atom stereocenters. The van der Waals surface area contributed by atoms with Crippen molar-refractivity contribution in [3.05, 3.63) is 35.4 Å². The summed E-state index contributed by atoms with van der Waals surface area (Å²) in [7, 11) is 5.00. The molecule has 0 aromatic heterocycles. The molecule has 3 aliphatic heterocycles. The summed E-state index contributed by atoms with van der Waals surface area (Å²) in [4.78, 5) is 30.7. The summed E-state index contributed by atoms with van der Waals surface area (Å²) in [5.41, 5.74) is -1.97. The fourth-order valence-electron chi connectivity index (χ4n) is 9.92. The van der Waals surface area contributed by atoms with Gasteiger partial charge in [-0.2, -0.15) is 0 Å². The van der Waals surface area contributed by atoms with E-state index in [1.165, 1.54) is 26.7 Å². The highest BCUT2D eigenvalue weighted by Crippen LogP contribution is 2.42. The molecular formula is C47H79NO13. The van der Waals surface area contributed by atoms with Gasteiger partial charge in [0.2, 0.25) is 0 Å². The van der Waals surface area contributed by atoms with Gasteiger partial charge in [0.1, 0.15) is 29.7 Å². The van der Waals surface area contributed by atoms with Crippen LogP contribution < -0.4 is 0 Å². The highest BCUT2D eigenvalue weighted by atomic mass is 16.7. The summed E-state index contributed by atoms with van der Waals surface area (Å²) in [5, 5.41) is 46.5. The van der Waals surface area contributed by atoms with Gasteiger partial charge in [-0.05, 0) is 84.9 Å². The number of methoxy groups -OCH3 is 2. The van der Waals surface area contributed by atoms with Gasteiger partial charge >= 0.3 is 5.97 Å². The summed E-state index contributed by atoms with van der Waals surface area (Å²) in [6, 6.07) is 8.13. The molecule has 3 saturated heterocycles. The van der Waals surface area contributed by atoms with E-state index >= 15 is 0 Å².